The maximum Gasteiger partial charge on any atom is 0.235 e. The van der Waals surface area contributed by atoms with Crippen LogP contribution in [0.3, 0.4) is 0 Å². The van der Waals surface area contributed by atoms with Gasteiger partial charge in [0.2, 0.25) is 5.91 Å². The van der Waals surface area contributed by atoms with Gasteiger partial charge in [-0.3, -0.25) is 9.69 Å². The first-order chi connectivity index (χ1) is 13.8. The Morgan fingerprint density at radius 1 is 1.45 bits per heavy atom. The van der Waals surface area contributed by atoms with Gasteiger partial charge in [0.25, 0.3) is 0 Å². The summed E-state index contributed by atoms with van der Waals surface area (Å²) in [5.74, 6) is -0.599. The highest BCUT2D eigenvalue weighted by Crippen LogP contribution is 2.72. The number of halogens is 1. The highest BCUT2D eigenvalue weighted by atomic mass is 19.1. The number of fused-ring (bicyclic) bond motifs is 1. The molecule has 3 aliphatic carbocycles. The maximum atomic E-state index is 14.9. The lowest BCUT2D eigenvalue weighted by atomic mass is 9.36. The quantitative estimate of drug-likeness (QED) is 0.835. The Kier molecular flexibility index (Phi) is 3.75. The Bertz CT molecular complexity index is 951. The number of guanidine groups is 1. The summed E-state index contributed by atoms with van der Waals surface area (Å²) < 4.78 is 26.6. The monoisotopic (exact) mass is 398 g/mol. The van der Waals surface area contributed by atoms with E-state index >= 15 is 0 Å². The predicted molar refractivity (Wildman–Crippen MR) is 101 cm³/mol. The van der Waals surface area contributed by atoms with Crippen molar-refractivity contribution in [2.45, 2.75) is 31.2 Å². The van der Waals surface area contributed by atoms with Gasteiger partial charge in [-0.25, -0.2) is 9.38 Å². The van der Waals surface area contributed by atoms with Crippen LogP contribution in [0.15, 0.2) is 23.2 Å². The van der Waals surface area contributed by atoms with Gasteiger partial charge in [-0.05, 0) is 43.9 Å². The van der Waals surface area contributed by atoms with E-state index in [9.17, 15) is 9.18 Å². The topological polar surface area (TPSA) is 101 Å². The summed E-state index contributed by atoms with van der Waals surface area (Å²) in [7, 11) is 1.58. The second kappa shape index (κ2) is 5.92. The largest absolute Gasteiger partial charge is 0.493 e. The number of aliphatic imine (C=N–C) groups is 1. The number of carbonyl (C=O) groups excluding carboxylic acids is 1. The van der Waals surface area contributed by atoms with Crippen LogP contribution in [0.5, 0.6) is 5.75 Å². The molecule has 1 aromatic carbocycles. The summed E-state index contributed by atoms with van der Waals surface area (Å²) in [5, 5.41) is 9.17. The van der Waals surface area contributed by atoms with Crippen LogP contribution < -0.4 is 10.5 Å². The maximum absolute atomic E-state index is 14.9. The summed E-state index contributed by atoms with van der Waals surface area (Å²) >= 11 is 0. The van der Waals surface area contributed by atoms with Crippen LogP contribution in [0.25, 0.3) is 0 Å². The fourth-order valence-corrected chi connectivity index (χ4v) is 5.59. The second-order valence-corrected chi connectivity index (χ2v) is 9.04. The molecule has 0 spiro atoms. The molecule has 1 amide bonds. The van der Waals surface area contributed by atoms with E-state index in [-0.39, 0.29) is 34.9 Å². The Morgan fingerprint density at radius 3 is 2.93 bits per heavy atom. The predicted octanol–water partition coefficient (Wildman–Crippen LogP) is 1.92. The molecule has 6 rings (SSSR count). The van der Waals surface area contributed by atoms with Crippen LogP contribution in [-0.4, -0.2) is 43.6 Å². The molecule has 2 unspecified atom stereocenters. The van der Waals surface area contributed by atoms with Crippen molar-refractivity contribution in [3.8, 4) is 11.8 Å². The smallest absolute Gasteiger partial charge is 0.235 e. The molecular weight excluding hydrogens is 375 g/mol. The van der Waals surface area contributed by atoms with Gasteiger partial charge in [0.15, 0.2) is 5.96 Å². The van der Waals surface area contributed by atoms with Crippen LogP contribution in [0.4, 0.5) is 4.39 Å². The lowest BCUT2D eigenvalue weighted by Crippen LogP contribution is -2.63. The Labute approximate surface area is 168 Å². The molecule has 5 aliphatic rings. The van der Waals surface area contributed by atoms with E-state index in [1.165, 1.54) is 11.0 Å². The summed E-state index contributed by atoms with van der Waals surface area (Å²) in [6.45, 7) is 1.01. The Balaban J connectivity index is 1.45. The number of hydrogen-bond acceptors (Lipinski definition) is 6. The van der Waals surface area contributed by atoms with Crippen molar-refractivity contribution in [1.29, 1.82) is 5.26 Å². The molecule has 2 heterocycles. The van der Waals surface area contributed by atoms with Crippen molar-refractivity contribution in [1.82, 2.24) is 4.90 Å². The third-order valence-corrected chi connectivity index (χ3v) is 7.06. The van der Waals surface area contributed by atoms with Gasteiger partial charge in [-0.2, -0.15) is 5.26 Å². The van der Waals surface area contributed by atoms with E-state index in [0.29, 0.717) is 25.4 Å². The molecule has 7 nitrogen and oxygen atoms in total. The summed E-state index contributed by atoms with van der Waals surface area (Å²) in [6.07, 6.45) is 3.05. The zero-order valence-corrected chi connectivity index (χ0v) is 16.3. The minimum absolute atomic E-state index is 0.0538. The fourth-order valence-electron chi connectivity index (χ4n) is 5.59. The Hall–Kier alpha value is -2.66. The summed E-state index contributed by atoms with van der Waals surface area (Å²) in [4.78, 5) is 18.7. The van der Waals surface area contributed by atoms with Crippen LogP contribution in [0, 0.1) is 33.9 Å². The molecule has 152 valence electrons. The first-order valence-corrected chi connectivity index (χ1v) is 9.87. The van der Waals surface area contributed by atoms with Gasteiger partial charge in [-0.1, -0.05) is 0 Å². The van der Waals surface area contributed by atoms with Crippen molar-refractivity contribution in [3.05, 3.63) is 29.6 Å². The lowest BCUT2D eigenvalue weighted by molar-refractivity contribution is -0.181. The zero-order valence-electron chi connectivity index (χ0n) is 16.3. The molecule has 0 aromatic heterocycles. The number of nitriles is 1. The minimum Gasteiger partial charge on any atom is -0.493 e. The first kappa shape index (κ1) is 18.4. The van der Waals surface area contributed by atoms with Crippen molar-refractivity contribution in [2.24, 2.45) is 27.5 Å². The van der Waals surface area contributed by atoms with E-state index in [2.05, 4.69) is 11.1 Å². The van der Waals surface area contributed by atoms with Crippen molar-refractivity contribution < 1.29 is 18.7 Å². The average molecular weight is 398 g/mol. The molecule has 2 N–H and O–H groups in total. The molecule has 0 radical (unpaired) electrons. The van der Waals surface area contributed by atoms with Crippen LogP contribution in [0.2, 0.25) is 0 Å². The van der Waals surface area contributed by atoms with Gasteiger partial charge < -0.3 is 15.2 Å². The van der Waals surface area contributed by atoms with Crippen LogP contribution >= 0.6 is 0 Å². The van der Waals surface area contributed by atoms with Gasteiger partial charge in [0.05, 0.1) is 30.6 Å². The van der Waals surface area contributed by atoms with E-state index in [4.69, 9.17) is 20.5 Å². The number of rotatable bonds is 4. The molecule has 29 heavy (non-hydrogen) atoms. The number of ether oxygens (including phenoxy) is 2. The molecule has 1 saturated heterocycles. The standard InChI is InChI=1S/C21H23FN4O3/c1-26-17(27)14-4-5-28-12-21(14,25-18(26)24)15-6-13(2-3-16(15)22)29-11-20-7-19(8-20,9-20)10-23/h2-3,6,14H,4-5,7-9,11-12H2,1H3,(H2,24,25). The SMILES string of the molecule is CN1C(=O)C2CCOCC2(c2cc(OCC34CC(C#N)(C3)C4)ccc2F)N=C1N. The molecule has 2 aliphatic heterocycles. The molecule has 2 bridgehead atoms. The third-order valence-electron chi connectivity index (χ3n) is 7.06. The van der Waals surface area contributed by atoms with E-state index in [0.717, 1.165) is 19.3 Å². The van der Waals surface area contributed by atoms with Crippen molar-refractivity contribution in [3.63, 3.8) is 0 Å². The first-order valence-electron chi connectivity index (χ1n) is 9.87. The Morgan fingerprint density at radius 2 is 2.21 bits per heavy atom. The van der Waals surface area contributed by atoms with Crippen molar-refractivity contribution in [2.75, 3.05) is 26.9 Å². The van der Waals surface area contributed by atoms with Gasteiger partial charge in [0.1, 0.15) is 17.1 Å². The summed E-state index contributed by atoms with van der Waals surface area (Å²) in [5.41, 5.74) is 5.01. The molecule has 2 atom stereocenters. The zero-order chi connectivity index (χ0) is 20.4. The van der Waals surface area contributed by atoms with E-state index in [1.54, 1.807) is 19.2 Å². The highest BCUT2D eigenvalue weighted by molar-refractivity contribution is 6.00. The second-order valence-electron chi connectivity index (χ2n) is 9.04. The number of amides is 1. The molecular formula is C21H23FN4O3. The van der Waals surface area contributed by atoms with Gasteiger partial charge >= 0.3 is 0 Å². The average Bonchev–Trinajstić information content (AvgIpc) is 2.65. The lowest BCUT2D eigenvalue weighted by Gasteiger charge is -2.66. The molecule has 4 fully saturated rings. The number of hydrogen-bond donors (Lipinski definition) is 1. The highest BCUT2D eigenvalue weighted by Gasteiger charge is 2.68. The number of carbonyl (C=O) groups is 1. The number of benzene rings is 1. The van der Waals surface area contributed by atoms with Crippen LogP contribution in [-0.2, 0) is 15.1 Å². The molecule has 3 saturated carbocycles. The third kappa shape index (κ3) is 2.50. The van der Waals surface area contributed by atoms with E-state index in [1.807, 2.05) is 0 Å². The normalized spacial score (nSPS) is 37.6. The number of nitrogens with zero attached hydrogens (tertiary/aromatic N) is 3. The van der Waals surface area contributed by atoms with Gasteiger partial charge in [-0.15, -0.1) is 0 Å². The molecule has 1 aromatic rings. The fraction of sp³-hybridized carbons (Fsp3) is 0.571. The van der Waals surface area contributed by atoms with Gasteiger partial charge in [0, 0.05) is 24.6 Å². The minimum atomic E-state index is -1.18. The number of nitrogens with two attached hydrogens (primary N) is 1. The van der Waals surface area contributed by atoms with Crippen molar-refractivity contribution >= 4 is 11.9 Å². The molecule has 8 heteroatoms. The summed E-state index contributed by atoms with van der Waals surface area (Å²) in [6, 6.07) is 6.94. The van der Waals surface area contributed by atoms with E-state index < -0.39 is 17.3 Å². The van der Waals surface area contributed by atoms with Crippen LogP contribution in [0.1, 0.15) is 31.2 Å².